The second-order valence-electron chi connectivity index (χ2n) is 4.24. The van der Waals surface area contributed by atoms with E-state index in [4.69, 9.17) is 4.74 Å². The second kappa shape index (κ2) is 5.57. The molecule has 0 radical (unpaired) electrons. The first-order chi connectivity index (χ1) is 9.86. The van der Waals surface area contributed by atoms with Gasteiger partial charge in [0.15, 0.2) is 20.6 Å². The average molecular weight is 310 g/mol. The molecule has 0 unspecified atom stereocenters. The maximum atomic E-state index is 11.8. The van der Waals surface area contributed by atoms with Crippen molar-refractivity contribution in [3.63, 3.8) is 0 Å². The molecule has 0 amide bonds. The molecule has 21 heavy (non-hydrogen) atoms. The molecule has 7 nitrogen and oxygen atoms in total. The Bertz CT molecular complexity index is 762. The van der Waals surface area contributed by atoms with Gasteiger partial charge in [-0.3, -0.25) is 0 Å². The van der Waals surface area contributed by atoms with Crippen molar-refractivity contribution in [1.29, 1.82) is 0 Å². The molecule has 0 fully saturated rings. The predicted octanol–water partition coefficient (Wildman–Crippen LogP) is 1.07. The number of carbonyl (C=O) groups excluding carboxylic acids is 1. The zero-order chi connectivity index (χ0) is 15.6. The molecule has 1 heterocycles. The summed E-state index contributed by atoms with van der Waals surface area (Å²) < 4.78 is 34.1. The van der Waals surface area contributed by atoms with Gasteiger partial charge in [0.05, 0.1) is 19.9 Å². The van der Waals surface area contributed by atoms with Crippen LogP contribution < -0.4 is 4.74 Å². The molecule has 0 aliphatic carbocycles. The van der Waals surface area contributed by atoms with E-state index in [-0.39, 0.29) is 10.7 Å². The lowest BCUT2D eigenvalue weighted by Gasteiger charge is -2.06. The van der Waals surface area contributed by atoms with Gasteiger partial charge in [-0.1, -0.05) is 0 Å². The summed E-state index contributed by atoms with van der Waals surface area (Å²) in [7, 11) is -0.783. The van der Waals surface area contributed by atoms with Gasteiger partial charge in [-0.2, -0.15) is 5.10 Å². The molecule has 2 aromatic rings. The highest BCUT2D eigenvalue weighted by atomic mass is 32.2. The SMILES string of the molecule is COC(=O)c1cc(S(C)(=O)=O)nn1-c1ccc(OC)cc1. The second-order valence-corrected chi connectivity index (χ2v) is 6.20. The lowest BCUT2D eigenvalue weighted by molar-refractivity contribution is 0.0590. The predicted molar refractivity (Wildman–Crippen MR) is 74.6 cm³/mol. The van der Waals surface area contributed by atoms with Gasteiger partial charge in [-0.05, 0) is 24.3 Å². The van der Waals surface area contributed by atoms with E-state index in [0.29, 0.717) is 11.4 Å². The van der Waals surface area contributed by atoms with Crippen molar-refractivity contribution in [2.45, 2.75) is 5.03 Å². The first-order valence-corrected chi connectivity index (χ1v) is 7.79. The van der Waals surface area contributed by atoms with Gasteiger partial charge >= 0.3 is 5.97 Å². The standard InChI is InChI=1S/C13H14N2O5S/c1-19-10-6-4-9(5-7-10)15-11(13(16)20-2)8-12(14-15)21(3,17)18/h4-8H,1-3H3. The van der Waals surface area contributed by atoms with Crippen molar-refractivity contribution in [1.82, 2.24) is 9.78 Å². The average Bonchev–Trinajstić information content (AvgIpc) is 2.91. The molecule has 8 heteroatoms. The van der Waals surface area contributed by atoms with Crippen molar-refractivity contribution < 1.29 is 22.7 Å². The number of carbonyl (C=O) groups is 1. The van der Waals surface area contributed by atoms with Crippen LogP contribution in [0, 0.1) is 0 Å². The number of sulfone groups is 1. The van der Waals surface area contributed by atoms with E-state index in [1.54, 1.807) is 24.3 Å². The summed E-state index contributed by atoms with van der Waals surface area (Å²) in [6.07, 6.45) is 1.02. The molecule has 1 aromatic heterocycles. The zero-order valence-corrected chi connectivity index (χ0v) is 12.5. The van der Waals surface area contributed by atoms with Crippen molar-refractivity contribution >= 4 is 15.8 Å². The Morgan fingerprint density at radius 1 is 1.19 bits per heavy atom. The fourth-order valence-electron chi connectivity index (χ4n) is 1.71. The Hall–Kier alpha value is -2.35. The number of hydrogen-bond acceptors (Lipinski definition) is 6. The van der Waals surface area contributed by atoms with E-state index in [2.05, 4.69) is 9.84 Å². The normalized spacial score (nSPS) is 11.2. The number of esters is 1. The molecule has 0 N–H and O–H groups in total. The summed E-state index contributed by atoms with van der Waals surface area (Å²) in [4.78, 5) is 11.8. The lowest BCUT2D eigenvalue weighted by atomic mass is 10.3. The number of nitrogens with zero attached hydrogens (tertiary/aromatic N) is 2. The third kappa shape index (κ3) is 3.05. The van der Waals surface area contributed by atoms with Crippen molar-refractivity contribution in [3.05, 3.63) is 36.0 Å². The summed E-state index contributed by atoms with van der Waals surface area (Å²) in [5.74, 6) is -0.0397. The van der Waals surface area contributed by atoms with E-state index >= 15 is 0 Å². The number of methoxy groups -OCH3 is 2. The molecule has 0 spiro atoms. The minimum atomic E-state index is -3.53. The number of benzene rings is 1. The highest BCUT2D eigenvalue weighted by molar-refractivity contribution is 7.90. The summed E-state index contributed by atoms with van der Waals surface area (Å²) >= 11 is 0. The summed E-state index contributed by atoms with van der Waals surface area (Å²) in [5.41, 5.74) is 0.550. The van der Waals surface area contributed by atoms with Gasteiger partial charge in [0.1, 0.15) is 5.75 Å². The van der Waals surface area contributed by atoms with Gasteiger partial charge < -0.3 is 9.47 Å². The largest absolute Gasteiger partial charge is 0.497 e. The van der Waals surface area contributed by atoms with Crippen LogP contribution in [0.5, 0.6) is 5.75 Å². The quantitative estimate of drug-likeness (QED) is 0.785. The highest BCUT2D eigenvalue weighted by Gasteiger charge is 2.21. The van der Waals surface area contributed by atoms with Crippen LogP contribution >= 0.6 is 0 Å². The van der Waals surface area contributed by atoms with Crippen LogP contribution in [0.15, 0.2) is 35.4 Å². The zero-order valence-electron chi connectivity index (χ0n) is 11.7. The van der Waals surface area contributed by atoms with E-state index in [9.17, 15) is 13.2 Å². The number of ether oxygens (including phenoxy) is 2. The number of aromatic nitrogens is 2. The van der Waals surface area contributed by atoms with Gasteiger partial charge in [0.25, 0.3) is 0 Å². The van der Waals surface area contributed by atoms with Crippen LogP contribution in [0.3, 0.4) is 0 Å². The Labute approximate surface area is 122 Å². The maximum Gasteiger partial charge on any atom is 0.356 e. The molecule has 112 valence electrons. The van der Waals surface area contributed by atoms with Gasteiger partial charge in [-0.15, -0.1) is 0 Å². The molecule has 0 aliphatic rings. The van der Waals surface area contributed by atoms with E-state index in [0.717, 1.165) is 6.26 Å². The summed E-state index contributed by atoms with van der Waals surface area (Å²) in [6.45, 7) is 0. The fourth-order valence-corrected chi connectivity index (χ4v) is 2.27. The summed E-state index contributed by atoms with van der Waals surface area (Å²) in [5, 5.41) is 3.77. The lowest BCUT2D eigenvalue weighted by Crippen LogP contribution is -2.10. The third-order valence-corrected chi connectivity index (χ3v) is 3.74. The highest BCUT2D eigenvalue weighted by Crippen LogP contribution is 2.19. The third-order valence-electron chi connectivity index (χ3n) is 2.78. The van der Waals surface area contributed by atoms with Crippen LogP contribution in [0.2, 0.25) is 0 Å². The first-order valence-electron chi connectivity index (χ1n) is 5.89. The molecule has 0 saturated carbocycles. The van der Waals surface area contributed by atoms with Gasteiger partial charge in [0, 0.05) is 12.3 Å². The van der Waals surface area contributed by atoms with Crippen molar-refractivity contribution in [2.24, 2.45) is 0 Å². The molecular formula is C13H14N2O5S. The topological polar surface area (TPSA) is 87.5 Å². The van der Waals surface area contributed by atoms with E-state index in [1.807, 2.05) is 0 Å². The monoisotopic (exact) mass is 310 g/mol. The molecule has 2 rings (SSSR count). The van der Waals surface area contributed by atoms with Gasteiger partial charge in [0.2, 0.25) is 0 Å². The van der Waals surface area contributed by atoms with Gasteiger partial charge in [-0.25, -0.2) is 17.9 Å². The summed E-state index contributed by atoms with van der Waals surface area (Å²) in [6, 6.07) is 7.86. The molecule has 0 atom stereocenters. The Morgan fingerprint density at radius 2 is 1.81 bits per heavy atom. The fraction of sp³-hybridized carbons (Fsp3) is 0.231. The Balaban J connectivity index is 2.59. The minimum absolute atomic E-state index is 0.0306. The number of hydrogen-bond donors (Lipinski definition) is 0. The van der Waals surface area contributed by atoms with Crippen LogP contribution in [0.1, 0.15) is 10.5 Å². The van der Waals surface area contributed by atoms with E-state index < -0.39 is 15.8 Å². The molecule has 0 aliphatic heterocycles. The molecule has 0 saturated heterocycles. The Kier molecular flexibility index (Phi) is 3.99. The number of rotatable bonds is 4. The minimum Gasteiger partial charge on any atom is -0.497 e. The molecular weight excluding hydrogens is 296 g/mol. The smallest absolute Gasteiger partial charge is 0.356 e. The van der Waals surface area contributed by atoms with Crippen LogP contribution in [0.4, 0.5) is 0 Å². The van der Waals surface area contributed by atoms with Crippen molar-refractivity contribution in [2.75, 3.05) is 20.5 Å². The molecule has 1 aromatic carbocycles. The van der Waals surface area contributed by atoms with Crippen LogP contribution in [-0.4, -0.2) is 44.6 Å². The van der Waals surface area contributed by atoms with Crippen molar-refractivity contribution in [3.8, 4) is 11.4 Å². The van der Waals surface area contributed by atoms with E-state index in [1.165, 1.54) is 25.0 Å². The van der Waals surface area contributed by atoms with Crippen LogP contribution in [0.25, 0.3) is 5.69 Å². The Morgan fingerprint density at radius 3 is 2.29 bits per heavy atom. The molecule has 0 bridgehead atoms. The van der Waals surface area contributed by atoms with Crippen LogP contribution in [-0.2, 0) is 14.6 Å². The first kappa shape index (κ1) is 15.0. The maximum absolute atomic E-state index is 11.8.